The third-order valence-electron chi connectivity index (χ3n) is 10.3. The monoisotopic (exact) mass is 698 g/mol. The van der Waals surface area contributed by atoms with E-state index in [0.717, 1.165) is 0 Å². The summed E-state index contributed by atoms with van der Waals surface area (Å²) in [7, 11) is -2.87. The Morgan fingerprint density at radius 3 is 1.45 bits per heavy atom. The normalized spacial score (nSPS) is 12.7. The molecule has 0 N–H and O–H groups in total. The molecule has 0 spiro atoms. The van der Waals surface area contributed by atoms with Crippen molar-refractivity contribution in [2.45, 2.75) is 0 Å². The number of benzene rings is 7. The third-order valence-corrected chi connectivity index (χ3v) is 17.5. The Morgan fingerprint density at radius 2 is 0.902 bits per heavy atom. The Kier molecular flexibility index (Phi) is 7.22. The molecule has 1 aliphatic rings. The molecule has 51 heavy (non-hydrogen) atoms. The second-order valence-electron chi connectivity index (χ2n) is 13.1. The van der Waals surface area contributed by atoms with Gasteiger partial charge in [-0.1, -0.05) is 169 Å². The molecule has 0 atom stereocenters. The second-order valence-corrected chi connectivity index (χ2v) is 19.0. The van der Waals surface area contributed by atoms with Crippen LogP contribution in [-0.2, 0) is 0 Å². The highest BCUT2D eigenvalue weighted by Gasteiger charge is 2.43. The summed E-state index contributed by atoms with van der Waals surface area (Å²) in [5.74, 6) is 0. The quantitative estimate of drug-likeness (QED) is 0.0921. The zero-order chi connectivity index (χ0) is 33.8. The van der Waals surface area contributed by atoms with Gasteiger partial charge in [-0.05, 0) is 67.3 Å². The maximum Gasteiger partial charge on any atom is 0.180 e. The van der Waals surface area contributed by atoms with E-state index in [1.165, 1.54) is 83.4 Å². The molecule has 7 aromatic carbocycles. The standard InChI is InChI=1S/C48H30S2Si/c1-3-17-35(18-4-1)51(36-19-5-2-6-20-36,37-21-11-15-33(31-37)39-25-13-27-43-41-23-7-9-29-45(41)49-47(39)43)38-22-12-16-34(32-38)40-26-14-28-44-42-24-8-10-30-46(42)50-48(40)44/h1,3-5,7-32H. The van der Waals surface area contributed by atoms with Crippen LogP contribution in [0.1, 0.15) is 0 Å². The zero-order valence-corrected chi connectivity index (χ0v) is 30.3. The zero-order valence-electron chi connectivity index (χ0n) is 27.6. The van der Waals surface area contributed by atoms with E-state index in [2.05, 4.69) is 187 Å². The summed E-state index contributed by atoms with van der Waals surface area (Å²) in [5, 5.41) is 10.6. The van der Waals surface area contributed by atoms with Crippen molar-refractivity contribution in [1.82, 2.24) is 0 Å². The summed E-state index contributed by atoms with van der Waals surface area (Å²) < 4.78 is 5.32. The van der Waals surface area contributed by atoms with Gasteiger partial charge in [-0.25, -0.2) is 0 Å². The predicted molar refractivity (Wildman–Crippen MR) is 225 cm³/mol. The van der Waals surface area contributed by atoms with Crippen LogP contribution in [0.15, 0.2) is 199 Å². The highest BCUT2D eigenvalue weighted by Crippen LogP contribution is 2.41. The predicted octanol–water partition coefficient (Wildman–Crippen LogP) is 11.6. The number of fused-ring (bicyclic) bond motifs is 6. The molecule has 0 amide bonds. The summed E-state index contributed by atoms with van der Waals surface area (Å²) in [6.07, 6.45) is 6.48. The van der Waals surface area contributed by atoms with E-state index < -0.39 is 8.07 Å². The molecule has 0 unspecified atom stereocenters. The molecule has 0 fully saturated rings. The van der Waals surface area contributed by atoms with E-state index in [9.17, 15) is 0 Å². The number of thiophene rings is 2. The highest BCUT2D eigenvalue weighted by atomic mass is 32.1. The van der Waals surface area contributed by atoms with E-state index >= 15 is 0 Å². The van der Waals surface area contributed by atoms with Crippen LogP contribution in [0, 0.1) is 0 Å². The van der Waals surface area contributed by atoms with Crippen LogP contribution >= 0.6 is 22.7 Å². The summed E-state index contributed by atoms with van der Waals surface area (Å²) >= 11 is 3.78. The molecule has 3 heteroatoms. The van der Waals surface area contributed by atoms with E-state index in [4.69, 9.17) is 0 Å². The first-order valence-corrected chi connectivity index (χ1v) is 20.9. The van der Waals surface area contributed by atoms with Crippen LogP contribution in [0.3, 0.4) is 0 Å². The highest BCUT2D eigenvalue weighted by molar-refractivity contribution is 7.26. The van der Waals surface area contributed by atoms with Gasteiger partial charge < -0.3 is 0 Å². The van der Waals surface area contributed by atoms with Gasteiger partial charge in [0.2, 0.25) is 0 Å². The van der Waals surface area contributed by atoms with Gasteiger partial charge in [0.15, 0.2) is 8.07 Å². The first-order valence-electron chi connectivity index (χ1n) is 17.3. The lowest BCUT2D eigenvalue weighted by Crippen LogP contribution is -2.68. The van der Waals surface area contributed by atoms with E-state index in [-0.39, 0.29) is 0 Å². The smallest absolute Gasteiger partial charge is 0.135 e. The fraction of sp³-hybridized carbons (Fsp3) is 0. The van der Waals surface area contributed by atoms with Crippen LogP contribution in [0.25, 0.3) is 62.6 Å². The minimum absolute atomic E-state index is 1.25. The lowest BCUT2D eigenvalue weighted by Gasteiger charge is -2.35. The maximum atomic E-state index is 3.36. The van der Waals surface area contributed by atoms with Crippen molar-refractivity contribution >= 4 is 86.7 Å². The van der Waals surface area contributed by atoms with Crippen molar-refractivity contribution < 1.29 is 0 Å². The minimum atomic E-state index is -2.87. The molecule has 0 bridgehead atoms. The minimum Gasteiger partial charge on any atom is -0.135 e. The topological polar surface area (TPSA) is 0 Å². The molecule has 0 saturated carbocycles. The van der Waals surface area contributed by atoms with Crippen molar-refractivity contribution in [3.05, 3.63) is 199 Å². The van der Waals surface area contributed by atoms with Crippen LogP contribution in [0.4, 0.5) is 0 Å². The molecular weight excluding hydrogens is 669 g/mol. The fourth-order valence-corrected chi connectivity index (χ4v) is 15.3. The van der Waals surface area contributed by atoms with E-state index in [1.807, 2.05) is 28.7 Å². The van der Waals surface area contributed by atoms with Crippen LogP contribution in [0.5, 0.6) is 0 Å². The van der Waals surface area contributed by atoms with Gasteiger partial charge in [0.25, 0.3) is 0 Å². The Bertz CT molecular complexity index is 2790. The molecule has 0 nitrogen and oxygen atoms in total. The van der Waals surface area contributed by atoms with Crippen molar-refractivity contribution in [2.75, 3.05) is 0 Å². The Labute approximate surface area is 305 Å². The van der Waals surface area contributed by atoms with Gasteiger partial charge in [0.1, 0.15) is 0 Å². The van der Waals surface area contributed by atoms with Crippen LogP contribution in [-0.4, -0.2) is 8.07 Å². The van der Waals surface area contributed by atoms with Gasteiger partial charge >= 0.3 is 0 Å². The van der Waals surface area contributed by atoms with Crippen LogP contribution < -0.4 is 15.6 Å². The number of rotatable bonds is 6. The molecule has 10 rings (SSSR count). The second kappa shape index (κ2) is 12.2. The molecule has 1 aliphatic carbocycles. The lowest BCUT2D eigenvalue weighted by atomic mass is 10.0. The van der Waals surface area contributed by atoms with Crippen LogP contribution in [0.2, 0.25) is 0 Å². The number of allylic oxidation sites excluding steroid dienone is 4. The van der Waals surface area contributed by atoms with Gasteiger partial charge in [-0.2, -0.15) is 0 Å². The first kappa shape index (κ1) is 30.1. The van der Waals surface area contributed by atoms with Crippen molar-refractivity contribution in [1.29, 1.82) is 0 Å². The van der Waals surface area contributed by atoms with Gasteiger partial charge in [0.05, 0.1) is 0 Å². The molecule has 0 radical (unpaired) electrons. The summed E-state index contributed by atoms with van der Waals surface area (Å²) in [4.78, 5) is 0. The van der Waals surface area contributed by atoms with Gasteiger partial charge in [-0.3, -0.25) is 0 Å². The molecule has 0 aliphatic heterocycles. The van der Waals surface area contributed by atoms with E-state index in [1.54, 1.807) is 0 Å². The van der Waals surface area contributed by atoms with Gasteiger partial charge in [-0.15, -0.1) is 22.7 Å². The Morgan fingerprint density at radius 1 is 0.412 bits per heavy atom. The maximum absolute atomic E-state index is 3.36. The summed E-state index contributed by atoms with van der Waals surface area (Å²) in [6, 6.07) is 61.1. The first-order chi connectivity index (χ1) is 25.3. The van der Waals surface area contributed by atoms with Crippen molar-refractivity contribution in [3.63, 3.8) is 0 Å². The summed E-state index contributed by atoms with van der Waals surface area (Å²) in [5.41, 5.74) is 11.6. The van der Waals surface area contributed by atoms with E-state index in [0.29, 0.717) is 0 Å². The van der Waals surface area contributed by atoms with Crippen molar-refractivity contribution in [2.24, 2.45) is 0 Å². The lowest BCUT2D eigenvalue weighted by molar-refractivity contribution is 1.63. The average Bonchev–Trinajstić information content (AvgIpc) is 3.78. The molecule has 2 heterocycles. The SMILES string of the molecule is C1=C=CC([Si](c2ccccc2)(c2cccc(-c3cccc4c3sc3ccccc34)c2)c2cccc(-c3cccc4c3sc3ccccc34)c2)=CC=1. The van der Waals surface area contributed by atoms with Gasteiger partial charge in [0, 0.05) is 40.3 Å². The number of hydrogen-bond acceptors (Lipinski definition) is 2. The Balaban J connectivity index is 1.24. The largest absolute Gasteiger partial charge is 0.180 e. The summed E-state index contributed by atoms with van der Waals surface area (Å²) in [6.45, 7) is 0. The molecule has 9 aromatic rings. The molecule has 238 valence electrons. The van der Waals surface area contributed by atoms with Crippen molar-refractivity contribution in [3.8, 4) is 22.3 Å². The number of hydrogen-bond donors (Lipinski definition) is 0. The molecule has 2 aromatic heterocycles. The molecular formula is C48H30S2Si. The fourth-order valence-electron chi connectivity index (χ4n) is 8.06. The molecule has 0 saturated heterocycles. The Hall–Kier alpha value is -5.76. The third kappa shape index (κ3) is 4.80. The average molecular weight is 699 g/mol.